The molecule has 9 nitrogen and oxygen atoms in total. The molecule has 3 N–H and O–H groups in total. The van der Waals surface area contributed by atoms with Crippen LogP contribution in [-0.2, 0) is 7.05 Å². The van der Waals surface area contributed by atoms with Gasteiger partial charge in [0.2, 0.25) is 5.82 Å². The summed E-state index contributed by atoms with van der Waals surface area (Å²) in [5.41, 5.74) is 0.685. The summed E-state index contributed by atoms with van der Waals surface area (Å²) >= 11 is 0. The third-order valence-electron chi connectivity index (χ3n) is 3.41. The van der Waals surface area contributed by atoms with Crippen LogP contribution < -0.4 is 10.6 Å². The van der Waals surface area contributed by atoms with Crippen molar-refractivity contribution >= 4 is 17.4 Å². The van der Waals surface area contributed by atoms with Gasteiger partial charge in [0.1, 0.15) is 11.4 Å². The van der Waals surface area contributed by atoms with E-state index >= 15 is 0 Å². The van der Waals surface area contributed by atoms with Crippen molar-refractivity contribution in [2.45, 2.75) is 13.3 Å². The molecule has 0 aliphatic rings. The lowest BCUT2D eigenvalue weighted by atomic mass is 10.2. The minimum atomic E-state index is -0.464. The van der Waals surface area contributed by atoms with Crippen LogP contribution in [0.2, 0.25) is 0 Å². The van der Waals surface area contributed by atoms with E-state index in [1.54, 1.807) is 26.1 Å². The van der Waals surface area contributed by atoms with Crippen LogP contribution in [0.1, 0.15) is 22.5 Å². The zero-order valence-electron chi connectivity index (χ0n) is 13.4. The average Bonchev–Trinajstić information content (AvgIpc) is 2.80. The minimum absolute atomic E-state index is 0.0307. The van der Waals surface area contributed by atoms with Gasteiger partial charge in [0.25, 0.3) is 5.91 Å². The first-order valence-corrected chi connectivity index (χ1v) is 7.39. The second kappa shape index (κ2) is 7.44. The number of aromatic hydroxyl groups is 1. The van der Waals surface area contributed by atoms with Crippen LogP contribution in [-0.4, -0.2) is 38.8 Å². The number of nitrogens with zero attached hydrogens (tertiary/aromatic N) is 3. The Bertz CT molecular complexity index is 756. The predicted molar refractivity (Wildman–Crippen MR) is 88.1 cm³/mol. The summed E-state index contributed by atoms with van der Waals surface area (Å²) in [4.78, 5) is 22.5. The molecule has 0 saturated heterocycles. The number of anilines is 1. The summed E-state index contributed by atoms with van der Waals surface area (Å²) in [6.07, 6.45) is 0.575. The molecule has 0 atom stereocenters. The first kappa shape index (κ1) is 17.3. The highest BCUT2D eigenvalue weighted by Crippen LogP contribution is 2.26. The minimum Gasteiger partial charge on any atom is -0.508 e. The number of carbonyl (C=O) groups is 1. The van der Waals surface area contributed by atoms with E-state index < -0.39 is 4.92 Å². The monoisotopic (exact) mass is 333 g/mol. The molecular formula is C15H19N5O4. The fourth-order valence-corrected chi connectivity index (χ4v) is 2.31. The quantitative estimate of drug-likeness (QED) is 0.401. The number of benzene rings is 1. The molecule has 128 valence electrons. The van der Waals surface area contributed by atoms with Gasteiger partial charge in [-0.2, -0.15) is 5.10 Å². The molecule has 24 heavy (non-hydrogen) atoms. The van der Waals surface area contributed by atoms with E-state index in [9.17, 15) is 20.0 Å². The molecule has 0 fully saturated rings. The molecule has 0 bridgehead atoms. The van der Waals surface area contributed by atoms with Gasteiger partial charge in [0.15, 0.2) is 0 Å². The number of phenolic OH excluding ortho intramolecular Hbond substituents is 1. The predicted octanol–water partition coefficient (Wildman–Crippen LogP) is 1.57. The third kappa shape index (κ3) is 4.00. The first-order valence-electron chi connectivity index (χ1n) is 7.39. The van der Waals surface area contributed by atoms with Crippen molar-refractivity contribution in [3.63, 3.8) is 0 Å². The fourth-order valence-electron chi connectivity index (χ4n) is 2.31. The van der Waals surface area contributed by atoms with E-state index in [0.29, 0.717) is 36.6 Å². The van der Waals surface area contributed by atoms with Gasteiger partial charge in [0, 0.05) is 25.7 Å². The van der Waals surface area contributed by atoms with Crippen molar-refractivity contribution in [3.8, 4) is 5.75 Å². The molecule has 0 spiro atoms. The number of amides is 1. The summed E-state index contributed by atoms with van der Waals surface area (Å²) in [6.45, 7) is 2.42. The van der Waals surface area contributed by atoms with Crippen LogP contribution in [0.3, 0.4) is 0 Å². The van der Waals surface area contributed by atoms with Gasteiger partial charge in [-0.3, -0.25) is 14.9 Å². The number of nitrogens with one attached hydrogen (secondary N) is 2. The molecule has 0 saturated carbocycles. The summed E-state index contributed by atoms with van der Waals surface area (Å²) in [5.74, 6) is 0.0910. The molecule has 1 amide bonds. The molecule has 0 radical (unpaired) electrons. The van der Waals surface area contributed by atoms with E-state index in [2.05, 4.69) is 15.7 Å². The molecule has 2 rings (SSSR count). The SMILES string of the molecule is Cc1nn(C)c(NCCCNC(=O)c2cccc(O)c2)c1[N+](=O)[O-]. The van der Waals surface area contributed by atoms with Crippen molar-refractivity contribution in [2.24, 2.45) is 7.05 Å². The number of rotatable bonds is 7. The van der Waals surface area contributed by atoms with Gasteiger partial charge in [-0.25, -0.2) is 4.68 Å². The number of carbonyl (C=O) groups excluding carboxylic acids is 1. The van der Waals surface area contributed by atoms with Gasteiger partial charge >= 0.3 is 5.69 Å². The number of hydrogen-bond donors (Lipinski definition) is 3. The maximum atomic E-state index is 11.9. The Hall–Kier alpha value is -3.10. The number of phenols is 1. The van der Waals surface area contributed by atoms with Crippen LogP contribution in [0, 0.1) is 17.0 Å². The maximum Gasteiger partial charge on any atom is 0.333 e. The van der Waals surface area contributed by atoms with Crippen LogP contribution in [0.15, 0.2) is 24.3 Å². The van der Waals surface area contributed by atoms with E-state index in [1.165, 1.54) is 16.8 Å². The lowest BCUT2D eigenvalue weighted by Crippen LogP contribution is -2.25. The Morgan fingerprint density at radius 2 is 2.17 bits per heavy atom. The topological polar surface area (TPSA) is 122 Å². The second-order valence-corrected chi connectivity index (χ2v) is 5.25. The molecule has 0 unspecified atom stereocenters. The largest absolute Gasteiger partial charge is 0.508 e. The van der Waals surface area contributed by atoms with E-state index in [0.717, 1.165) is 0 Å². The van der Waals surface area contributed by atoms with Crippen LogP contribution >= 0.6 is 0 Å². The lowest BCUT2D eigenvalue weighted by molar-refractivity contribution is -0.384. The number of hydrogen-bond acceptors (Lipinski definition) is 6. The molecule has 2 aromatic rings. The van der Waals surface area contributed by atoms with Crippen molar-refractivity contribution in [1.82, 2.24) is 15.1 Å². The molecule has 1 heterocycles. The molecule has 1 aromatic carbocycles. The third-order valence-corrected chi connectivity index (χ3v) is 3.41. The maximum absolute atomic E-state index is 11.9. The van der Waals surface area contributed by atoms with Gasteiger partial charge in [-0.05, 0) is 31.5 Å². The highest BCUT2D eigenvalue weighted by atomic mass is 16.6. The van der Waals surface area contributed by atoms with Crippen molar-refractivity contribution in [2.75, 3.05) is 18.4 Å². The summed E-state index contributed by atoms with van der Waals surface area (Å²) in [5, 5.41) is 30.1. The van der Waals surface area contributed by atoms with E-state index in [-0.39, 0.29) is 17.3 Å². The molecule has 0 aliphatic heterocycles. The number of nitro groups is 1. The van der Waals surface area contributed by atoms with Crippen molar-refractivity contribution in [3.05, 3.63) is 45.6 Å². The van der Waals surface area contributed by atoms with Crippen LogP contribution in [0.4, 0.5) is 11.5 Å². The Labute approximate surface area is 138 Å². The summed E-state index contributed by atoms with van der Waals surface area (Å²) in [7, 11) is 1.63. The standard InChI is InChI=1S/C15H19N5O4/c1-10-13(20(23)24)14(19(2)18-10)16-7-4-8-17-15(22)11-5-3-6-12(21)9-11/h3,5-6,9,16,21H,4,7-8H2,1-2H3,(H,17,22). The smallest absolute Gasteiger partial charge is 0.333 e. The molecule has 0 aliphatic carbocycles. The molecule has 1 aromatic heterocycles. The van der Waals surface area contributed by atoms with Crippen LogP contribution in [0.25, 0.3) is 0 Å². The Morgan fingerprint density at radius 3 is 2.83 bits per heavy atom. The Morgan fingerprint density at radius 1 is 1.42 bits per heavy atom. The van der Waals surface area contributed by atoms with Crippen molar-refractivity contribution < 1.29 is 14.8 Å². The zero-order valence-corrected chi connectivity index (χ0v) is 13.4. The van der Waals surface area contributed by atoms with Gasteiger partial charge in [0.05, 0.1) is 4.92 Å². The second-order valence-electron chi connectivity index (χ2n) is 5.25. The first-order chi connectivity index (χ1) is 11.4. The molecule has 9 heteroatoms. The molecular weight excluding hydrogens is 314 g/mol. The average molecular weight is 333 g/mol. The normalized spacial score (nSPS) is 10.4. The van der Waals surface area contributed by atoms with Crippen LogP contribution in [0.5, 0.6) is 5.75 Å². The van der Waals surface area contributed by atoms with Crippen molar-refractivity contribution in [1.29, 1.82) is 0 Å². The van der Waals surface area contributed by atoms with Gasteiger partial charge in [-0.15, -0.1) is 0 Å². The Balaban J connectivity index is 1.82. The highest BCUT2D eigenvalue weighted by Gasteiger charge is 2.23. The summed E-state index contributed by atoms with van der Waals surface area (Å²) < 4.78 is 1.43. The summed E-state index contributed by atoms with van der Waals surface area (Å²) in [6, 6.07) is 6.07. The number of aryl methyl sites for hydroxylation is 2. The van der Waals surface area contributed by atoms with Gasteiger partial charge in [-0.1, -0.05) is 6.07 Å². The van der Waals surface area contributed by atoms with E-state index in [4.69, 9.17) is 0 Å². The van der Waals surface area contributed by atoms with Gasteiger partial charge < -0.3 is 15.7 Å². The van der Waals surface area contributed by atoms with E-state index in [1.807, 2.05) is 0 Å². The highest BCUT2D eigenvalue weighted by molar-refractivity contribution is 5.94. The fraction of sp³-hybridized carbons (Fsp3) is 0.333. The zero-order chi connectivity index (χ0) is 17.7. The Kier molecular flexibility index (Phi) is 5.35. The lowest BCUT2D eigenvalue weighted by Gasteiger charge is -2.08. The number of aromatic nitrogens is 2.